The average Bonchev–Trinajstić information content (AvgIpc) is 2.76. The van der Waals surface area contributed by atoms with Crippen molar-refractivity contribution in [1.29, 1.82) is 0 Å². The van der Waals surface area contributed by atoms with E-state index in [0.717, 1.165) is 24.7 Å². The summed E-state index contributed by atoms with van der Waals surface area (Å²) < 4.78 is 14.9. The van der Waals surface area contributed by atoms with Crippen LogP contribution in [0.3, 0.4) is 0 Å². The number of halogens is 1. The maximum Gasteiger partial charge on any atom is 0.127 e. The quantitative estimate of drug-likeness (QED) is 0.772. The number of rotatable bonds is 5. The molecule has 1 heterocycles. The Labute approximate surface area is 98.7 Å². The van der Waals surface area contributed by atoms with Gasteiger partial charge in [-0.25, -0.2) is 9.37 Å². The summed E-state index contributed by atoms with van der Waals surface area (Å²) in [5, 5.41) is 12.4. The number of imidazole rings is 1. The van der Waals surface area contributed by atoms with Crippen LogP contribution >= 0.6 is 0 Å². The topological polar surface area (TPSA) is 50.1 Å². The van der Waals surface area contributed by atoms with E-state index in [0.29, 0.717) is 6.54 Å². The highest BCUT2D eigenvalue weighted by Gasteiger charge is 1.99. The molecule has 4 nitrogen and oxygen atoms in total. The minimum absolute atomic E-state index is 0.0450. The van der Waals surface area contributed by atoms with Crippen molar-refractivity contribution in [3.8, 4) is 5.75 Å². The van der Waals surface area contributed by atoms with E-state index < -0.39 is 5.82 Å². The number of aromatic nitrogens is 2. The molecule has 2 N–H and O–H groups in total. The zero-order valence-corrected chi connectivity index (χ0v) is 9.31. The Kier molecular flexibility index (Phi) is 3.72. The molecule has 5 heteroatoms. The SMILES string of the molecule is Oc1cc(F)cc(CNCCn2ccnc2)c1. The molecule has 0 saturated carbocycles. The predicted molar refractivity (Wildman–Crippen MR) is 62.0 cm³/mol. The lowest BCUT2D eigenvalue weighted by atomic mass is 10.2. The summed E-state index contributed by atoms with van der Waals surface area (Å²) in [4.78, 5) is 3.93. The van der Waals surface area contributed by atoms with E-state index in [1.807, 2.05) is 10.8 Å². The molecule has 0 amide bonds. The van der Waals surface area contributed by atoms with Gasteiger partial charge in [-0.2, -0.15) is 0 Å². The molecule has 1 aromatic heterocycles. The first-order valence-electron chi connectivity index (χ1n) is 5.39. The number of hydrogen-bond donors (Lipinski definition) is 2. The van der Waals surface area contributed by atoms with Crippen LogP contribution < -0.4 is 5.32 Å². The molecule has 0 spiro atoms. The van der Waals surface area contributed by atoms with Crippen molar-refractivity contribution in [2.75, 3.05) is 6.54 Å². The molecule has 2 rings (SSSR count). The van der Waals surface area contributed by atoms with Crippen LogP contribution in [-0.4, -0.2) is 21.2 Å². The fourth-order valence-corrected chi connectivity index (χ4v) is 1.60. The number of hydrogen-bond acceptors (Lipinski definition) is 3. The van der Waals surface area contributed by atoms with Crippen LogP contribution in [0.4, 0.5) is 4.39 Å². The molecular weight excluding hydrogens is 221 g/mol. The fourth-order valence-electron chi connectivity index (χ4n) is 1.60. The van der Waals surface area contributed by atoms with E-state index in [1.54, 1.807) is 18.6 Å². The van der Waals surface area contributed by atoms with E-state index in [-0.39, 0.29) is 5.75 Å². The third-order valence-corrected chi connectivity index (χ3v) is 2.38. The van der Waals surface area contributed by atoms with Crippen LogP contribution in [0.5, 0.6) is 5.75 Å². The minimum Gasteiger partial charge on any atom is -0.508 e. The summed E-state index contributed by atoms with van der Waals surface area (Å²) >= 11 is 0. The third kappa shape index (κ3) is 3.57. The van der Waals surface area contributed by atoms with E-state index >= 15 is 0 Å². The molecule has 0 saturated heterocycles. The number of phenols is 1. The standard InChI is InChI=1S/C12H14FN3O/c13-11-5-10(6-12(17)7-11)8-14-1-3-16-4-2-15-9-16/h2,4-7,9,14,17H,1,3,8H2. The highest BCUT2D eigenvalue weighted by Crippen LogP contribution is 2.14. The summed E-state index contributed by atoms with van der Waals surface area (Å²) in [7, 11) is 0. The minimum atomic E-state index is -0.420. The van der Waals surface area contributed by atoms with Crippen LogP contribution in [0.2, 0.25) is 0 Å². The molecule has 0 aliphatic carbocycles. The average molecular weight is 235 g/mol. The Morgan fingerprint density at radius 1 is 1.35 bits per heavy atom. The van der Waals surface area contributed by atoms with Crippen LogP contribution in [0.25, 0.3) is 0 Å². The third-order valence-electron chi connectivity index (χ3n) is 2.38. The summed E-state index contributed by atoms with van der Waals surface area (Å²) in [5.74, 6) is -0.465. The van der Waals surface area contributed by atoms with Gasteiger partial charge in [-0.3, -0.25) is 0 Å². The van der Waals surface area contributed by atoms with E-state index in [2.05, 4.69) is 10.3 Å². The fraction of sp³-hybridized carbons (Fsp3) is 0.250. The number of benzene rings is 1. The van der Waals surface area contributed by atoms with Gasteiger partial charge in [-0.1, -0.05) is 0 Å². The van der Waals surface area contributed by atoms with Gasteiger partial charge in [-0.05, 0) is 17.7 Å². The largest absolute Gasteiger partial charge is 0.508 e. The summed E-state index contributed by atoms with van der Waals surface area (Å²) in [6, 6.07) is 4.05. The van der Waals surface area contributed by atoms with Gasteiger partial charge in [0, 0.05) is 38.1 Å². The zero-order chi connectivity index (χ0) is 12.1. The Morgan fingerprint density at radius 3 is 2.94 bits per heavy atom. The molecule has 0 radical (unpaired) electrons. The van der Waals surface area contributed by atoms with Crippen molar-refractivity contribution in [3.05, 3.63) is 48.3 Å². The lowest BCUT2D eigenvalue weighted by Gasteiger charge is -2.06. The summed E-state index contributed by atoms with van der Waals surface area (Å²) in [5.41, 5.74) is 0.730. The van der Waals surface area contributed by atoms with E-state index in [9.17, 15) is 9.50 Å². The molecule has 1 aromatic carbocycles. The Hall–Kier alpha value is -1.88. The number of aromatic hydroxyl groups is 1. The molecule has 0 aliphatic rings. The Morgan fingerprint density at radius 2 is 2.24 bits per heavy atom. The molecular formula is C12H14FN3O. The maximum absolute atomic E-state index is 13.0. The zero-order valence-electron chi connectivity index (χ0n) is 9.31. The van der Waals surface area contributed by atoms with Crippen LogP contribution in [-0.2, 0) is 13.1 Å². The van der Waals surface area contributed by atoms with Gasteiger partial charge < -0.3 is 15.0 Å². The first-order valence-corrected chi connectivity index (χ1v) is 5.39. The number of phenolic OH excluding ortho intramolecular Hbond substituents is 1. The van der Waals surface area contributed by atoms with Crippen LogP contribution in [0, 0.1) is 5.82 Å². The molecule has 17 heavy (non-hydrogen) atoms. The van der Waals surface area contributed by atoms with Gasteiger partial charge >= 0.3 is 0 Å². The highest BCUT2D eigenvalue weighted by molar-refractivity contribution is 5.28. The van der Waals surface area contributed by atoms with Crippen molar-refractivity contribution in [1.82, 2.24) is 14.9 Å². The Bertz CT molecular complexity index is 450. The van der Waals surface area contributed by atoms with Crippen molar-refractivity contribution in [3.63, 3.8) is 0 Å². The highest BCUT2D eigenvalue weighted by atomic mass is 19.1. The lowest BCUT2D eigenvalue weighted by Crippen LogP contribution is -2.19. The van der Waals surface area contributed by atoms with Crippen molar-refractivity contribution in [2.24, 2.45) is 0 Å². The molecule has 0 atom stereocenters. The first kappa shape index (κ1) is 11.6. The van der Waals surface area contributed by atoms with Gasteiger partial charge in [0.15, 0.2) is 0 Å². The van der Waals surface area contributed by atoms with Crippen molar-refractivity contribution < 1.29 is 9.50 Å². The lowest BCUT2D eigenvalue weighted by molar-refractivity contribution is 0.467. The Balaban J connectivity index is 1.78. The molecule has 2 aromatic rings. The van der Waals surface area contributed by atoms with Gasteiger partial charge in [0.1, 0.15) is 11.6 Å². The molecule has 0 unspecified atom stereocenters. The van der Waals surface area contributed by atoms with Gasteiger partial charge in [0.05, 0.1) is 6.33 Å². The van der Waals surface area contributed by atoms with E-state index in [1.165, 1.54) is 6.07 Å². The van der Waals surface area contributed by atoms with Gasteiger partial charge in [0.2, 0.25) is 0 Å². The smallest absolute Gasteiger partial charge is 0.127 e. The normalized spacial score (nSPS) is 10.6. The van der Waals surface area contributed by atoms with Crippen LogP contribution in [0.1, 0.15) is 5.56 Å². The monoisotopic (exact) mass is 235 g/mol. The van der Waals surface area contributed by atoms with E-state index in [4.69, 9.17) is 0 Å². The molecule has 90 valence electrons. The van der Waals surface area contributed by atoms with Gasteiger partial charge in [-0.15, -0.1) is 0 Å². The number of nitrogens with one attached hydrogen (secondary N) is 1. The predicted octanol–water partition coefficient (Wildman–Crippen LogP) is 1.52. The maximum atomic E-state index is 13.0. The summed E-state index contributed by atoms with van der Waals surface area (Å²) in [6.07, 6.45) is 5.36. The van der Waals surface area contributed by atoms with Gasteiger partial charge in [0.25, 0.3) is 0 Å². The molecule has 0 fully saturated rings. The van der Waals surface area contributed by atoms with Crippen molar-refractivity contribution >= 4 is 0 Å². The second kappa shape index (κ2) is 5.45. The second-order valence-corrected chi connectivity index (χ2v) is 3.79. The number of nitrogens with zero attached hydrogens (tertiary/aromatic N) is 2. The van der Waals surface area contributed by atoms with Crippen molar-refractivity contribution in [2.45, 2.75) is 13.1 Å². The molecule has 0 bridgehead atoms. The van der Waals surface area contributed by atoms with Crippen LogP contribution in [0.15, 0.2) is 36.9 Å². The summed E-state index contributed by atoms with van der Waals surface area (Å²) in [6.45, 7) is 2.09. The first-order chi connectivity index (χ1) is 8.24. The molecule has 0 aliphatic heterocycles. The second-order valence-electron chi connectivity index (χ2n) is 3.79.